The Hall–Kier alpha value is -1.40. The van der Waals surface area contributed by atoms with Gasteiger partial charge in [0.2, 0.25) is 10.0 Å². The maximum Gasteiger partial charge on any atom is 0.338 e. The van der Waals surface area contributed by atoms with Crippen LogP contribution in [0.4, 0.5) is 0 Å². The molecule has 0 aliphatic carbocycles. The predicted molar refractivity (Wildman–Crippen MR) is 72.4 cm³/mol. The molecular formula is C13H19NO4S. The Balaban J connectivity index is 2.83. The normalized spacial score (nSPS) is 11.3. The van der Waals surface area contributed by atoms with Crippen LogP contribution in [-0.4, -0.2) is 21.0 Å². The molecule has 0 atom stereocenters. The summed E-state index contributed by atoms with van der Waals surface area (Å²) in [5.74, 6) is -0.523. The molecule has 0 saturated carbocycles. The first-order chi connectivity index (χ1) is 8.84. The lowest BCUT2D eigenvalue weighted by atomic mass is 10.1. The minimum absolute atomic E-state index is 0.0759. The van der Waals surface area contributed by atoms with Crippen molar-refractivity contribution < 1.29 is 17.9 Å². The van der Waals surface area contributed by atoms with Gasteiger partial charge in [0.1, 0.15) is 0 Å². The number of aryl methyl sites for hydroxylation is 1. The van der Waals surface area contributed by atoms with Gasteiger partial charge >= 0.3 is 5.97 Å². The third-order valence-electron chi connectivity index (χ3n) is 2.60. The third-order valence-corrected chi connectivity index (χ3v) is 3.49. The van der Waals surface area contributed by atoms with Crippen LogP contribution in [0.1, 0.15) is 42.1 Å². The quantitative estimate of drug-likeness (QED) is 0.639. The number of sulfonamides is 1. The minimum atomic E-state index is -3.82. The number of carbonyl (C=O) groups is 1. The van der Waals surface area contributed by atoms with E-state index in [2.05, 4.69) is 6.92 Å². The van der Waals surface area contributed by atoms with Gasteiger partial charge in [-0.05, 0) is 37.1 Å². The molecular weight excluding hydrogens is 266 g/mol. The second-order valence-electron chi connectivity index (χ2n) is 4.42. The standard InChI is InChI=1S/C13H19NO4S/c1-3-4-5-6-18-13(15)11-7-10(2)8-12(9-11)19(14,16)17/h7-9H,3-6H2,1-2H3,(H2,14,16,17). The van der Waals surface area contributed by atoms with E-state index in [1.807, 2.05) is 0 Å². The maximum atomic E-state index is 11.8. The molecule has 19 heavy (non-hydrogen) atoms. The van der Waals surface area contributed by atoms with E-state index in [9.17, 15) is 13.2 Å². The summed E-state index contributed by atoms with van der Waals surface area (Å²) in [6, 6.07) is 4.24. The molecule has 0 fully saturated rings. The largest absolute Gasteiger partial charge is 0.462 e. The van der Waals surface area contributed by atoms with Gasteiger partial charge in [0.15, 0.2) is 0 Å². The summed E-state index contributed by atoms with van der Waals surface area (Å²) in [7, 11) is -3.82. The SMILES string of the molecule is CCCCCOC(=O)c1cc(C)cc(S(N)(=O)=O)c1. The van der Waals surface area contributed by atoms with Crippen molar-refractivity contribution in [1.82, 2.24) is 0 Å². The van der Waals surface area contributed by atoms with Crippen LogP contribution in [0.25, 0.3) is 0 Å². The summed E-state index contributed by atoms with van der Waals surface area (Å²) >= 11 is 0. The summed E-state index contributed by atoms with van der Waals surface area (Å²) in [4.78, 5) is 11.7. The highest BCUT2D eigenvalue weighted by atomic mass is 32.2. The van der Waals surface area contributed by atoms with Crippen LogP contribution in [0, 0.1) is 6.92 Å². The summed E-state index contributed by atoms with van der Waals surface area (Å²) < 4.78 is 27.6. The lowest BCUT2D eigenvalue weighted by Crippen LogP contribution is -2.14. The van der Waals surface area contributed by atoms with Crippen molar-refractivity contribution in [3.8, 4) is 0 Å². The number of rotatable bonds is 6. The molecule has 0 aromatic heterocycles. The molecule has 6 heteroatoms. The van der Waals surface area contributed by atoms with Crippen molar-refractivity contribution in [2.45, 2.75) is 38.0 Å². The zero-order valence-electron chi connectivity index (χ0n) is 11.2. The molecule has 0 unspecified atom stereocenters. The van der Waals surface area contributed by atoms with Gasteiger partial charge in [0, 0.05) is 0 Å². The summed E-state index contributed by atoms with van der Waals surface area (Å²) in [6.45, 7) is 4.09. The number of unbranched alkanes of at least 4 members (excludes halogenated alkanes) is 2. The van der Waals surface area contributed by atoms with Gasteiger partial charge in [-0.15, -0.1) is 0 Å². The molecule has 0 spiro atoms. The van der Waals surface area contributed by atoms with Crippen LogP contribution < -0.4 is 5.14 Å². The van der Waals surface area contributed by atoms with Crippen LogP contribution in [0.5, 0.6) is 0 Å². The number of hydrogen-bond donors (Lipinski definition) is 1. The fourth-order valence-corrected chi connectivity index (χ4v) is 2.27. The highest BCUT2D eigenvalue weighted by Gasteiger charge is 2.14. The number of hydrogen-bond acceptors (Lipinski definition) is 4. The Labute approximate surface area is 113 Å². The van der Waals surface area contributed by atoms with Crippen LogP contribution in [0.15, 0.2) is 23.1 Å². The molecule has 1 aromatic rings. The molecule has 0 radical (unpaired) electrons. The Morgan fingerprint density at radius 2 is 1.95 bits per heavy atom. The van der Waals surface area contributed by atoms with Crippen molar-refractivity contribution in [2.75, 3.05) is 6.61 Å². The molecule has 0 saturated heterocycles. The molecule has 0 heterocycles. The number of primary sulfonamides is 1. The number of ether oxygens (including phenoxy) is 1. The molecule has 0 bridgehead atoms. The second-order valence-corrected chi connectivity index (χ2v) is 5.98. The van der Waals surface area contributed by atoms with E-state index < -0.39 is 16.0 Å². The highest BCUT2D eigenvalue weighted by molar-refractivity contribution is 7.89. The fraction of sp³-hybridized carbons (Fsp3) is 0.462. The van der Waals surface area contributed by atoms with Crippen LogP contribution in [0.2, 0.25) is 0 Å². The van der Waals surface area contributed by atoms with Crippen molar-refractivity contribution >= 4 is 16.0 Å². The zero-order chi connectivity index (χ0) is 14.5. The lowest BCUT2D eigenvalue weighted by Gasteiger charge is -2.07. The average Bonchev–Trinajstić information content (AvgIpc) is 2.32. The van der Waals surface area contributed by atoms with Gasteiger partial charge < -0.3 is 4.74 Å². The Bertz CT molecular complexity index is 552. The van der Waals surface area contributed by atoms with Crippen molar-refractivity contribution in [3.05, 3.63) is 29.3 Å². The Morgan fingerprint density at radius 1 is 1.26 bits per heavy atom. The number of esters is 1. The highest BCUT2D eigenvalue weighted by Crippen LogP contribution is 2.14. The third kappa shape index (κ3) is 5.00. The minimum Gasteiger partial charge on any atom is -0.462 e. The molecule has 1 rings (SSSR count). The molecule has 5 nitrogen and oxygen atoms in total. The van der Waals surface area contributed by atoms with Crippen LogP contribution >= 0.6 is 0 Å². The van der Waals surface area contributed by atoms with Crippen LogP contribution in [-0.2, 0) is 14.8 Å². The van der Waals surface area contributed by atoms with Crippen molar-refractivity contribution in [3.63, 3.8) is 0 Å². The number of carbonyl (C=O) groups excluding carboxylic acids is 1. The number of nitrogens with two attached hydrogens (primary N) is 1. The van der Waals surface area contributed by atoms with Gasteiger partial charge in [-0.2, -0.15) is 0 Å². The van der Waals surface area contributed by atoms with E-state index in [4.69, 9.17) is 9.88 Å². The van der Waals surface area contributed by atoms with E-state index in [1.165, 1.54) is 12.1 Å². The van der Waals surface area contributed by atoms with E-state index in [1.54, 1.807) is 13.0 Å². The van der Waals surface area contributed by atoms with E-state index in [0.717, 1.165) is 19.3 Å². The van der Waals surface area contributed by atoms with Gasteiger partial charge in [-0.25, -0.2) is 18.4 Å². The van der Waals surface area contributed by atoms with E-state index in [-0.39, 0.29) is 10.5 Å². The first-order valence-electron chi connectivity index (χ1n) is 6.16. The second kappa shape index (κ2) is 6.68. The first-order valence-corrected chi connectivity index (χ1v) is 7.71. The lowest BCUT2D eigenvalue weighted by molar-refractivity contribution is 0.0497. The summed E-state index contributed by atoms with van der Waals surface area (Å²) in [5.41, 5.74) is 0.854. The number of benzene rings is 1. The van der Waals surface area contributed by atoms with Crippen LogP contribution in [0.3, 0.4) is 0 Å². The van der Waals surface area contributed by atoms with E-state index in [0.29, 0.717) is 12.2 Å². The monoisotopic (exact) mass is 285 g/mol. The van der Waals surface area contributed by atoms with Crippen molar-refractivity contribution in [1.29, 1.82) is 0 Å². The molecule has 0 aliphatic rings. The Morgan fingerprint density at radius 3 is 2.53 bits per heavy atom. The zero-order valence-corrected chi connectivity index (χ0v) is 12.0. The molecule has 0 amide bonds. The fourth-order valence-electron chi connectivity index (χ4n) is 1.63. The van der Waals surface area contributed by atoms with Gasteiger partial charge in [0.25, 0.3) is 0 Å². The smallest absolute Gasteiger partial charge is 0.338 e. The Kier molecular flexibility index (Phi) is 5.50. The first kappa shape index (κ1) is 15.7. The topological polar surface area (TPSA) is 86.5 Å². The van der Waals surface area contributed by atoms with Gasteiger partial charge in [0.05, 0.1) is 17.1 Å². The van der Waals surface area contributed by atoms with E-state index >= 15 is 0 Å². The van der Waals surface area contributed by atoms with Gasteiger partial charge in [-0.1, -0.05) is 19.8 Å². The van der Waals surface area contributed by atoms with Crippen molar-refractivity contribution in [2.24, 2.45) is 5.14 Å². The molecule has 0 aliphatic heterocycles. The average molecular weight is 285 g/mol. The van der Waals surface area contributed by atoms with Gasteiger partial charge in [-0.3, -0.25) is 0 Å². The molecule has 2 N–H and O–H groups in total. The summed E-state index contributed by atoms with van der Waals surface area (Å²) in [6.07, 6.45) is 2.83. The maximum absolute atomic E-state index is 11.8. The summed E-state index contributed by atoms with van der Waals surface area (Å²) in [5, 5.41) is 5.05. The predicted octanol–water partition coefficient (Wildman–Crippen LogP) is 1.99. The molecule has 1 aromatic carbocycles. The molecule has 106 valence electrons.